The van der Waals surface area contributed by atoms with Crippen molar-refractivity contribution in [2.75, 3.05) is 0 Å². The average Bonchev–Trinajstić information content (AvgIpc) is 2.86. The van der Waals surface area contributed by atoms with Crippen LogP contribution in [0.4, 0.5) is 8.78 Å². The zero-order valence-electron chi connectivity index (χ0n) is 20.7. The van der Waals surface area contributed by atoms with Gasteiger partial charge >= 0.3 is 0 Å². The molecule has 0 bridgehead atoms. The van der Waals surface area contributed by atoms with E-state index in [-0.39, 0.29) is 5.56 Å². The molecule has 0 nitrogen and oxygen atoms in total. The van der Waals surface area contributed by atoms with E-state index in [1.54, 1.807) is 0 Å². The Morgan fingerprint density at radius 1 is 0.765 bits per heavy atom. The third-order valence-electron chi connectivity index (χ3n) is 7.79. The first kappa shape index (κ1) is 24.6. The standard InChI is InChI=1S/C32H38F2/c1-3-7-30-31(33)21-29(22-32(30)34)28-18-16-25(17-19-28)11-10-24-12-14-26(15-13-24)20-23(2)27-8-5-4-6-9-27/h4-6,8-9,16-19,21-24,26H,3,7,10-15,20H2,1-2H3/t23-,24?,26?/m0/s1. The van der Waals surface area contributed by atoms with Gasteiger partial charge in [0.25, 0.3) is 0 Å². The summed E-state index contributed by atoms with van der Waals surface area (Å²) in [5.41, 5.74) is 4.47. The van der Waals surface area contributed by atoms with Crippen molar-refractivity contribution in [3.05, 3.63) is 95.1 Å². The molecule has 0 radical (unpaired) electrons. The van der Waals surface area contributed by atoms with Gasteiger partial charge in [-0.15, -0.1) is 0 Å². The van der Waals surface area contributed by atoms with Crippen molar-refractivity contribution in [3.8, 4) is 11.1 Å². The van der Waals surface area contributed by atoms with Crippen LogP contribution in [-0.2, 0) is 12.8 Å². The summed E-state index contributed by atoms with van der Waals surface area (Å²) in [5, 5.41) is 0. The molecular weight excluding hydrogens is 422 g/mol. The summed E-state index contributed by atoms with van der Waals surface area (Å²) in [6.07, 6.45) is 10.2. The van der Waals surface area contributed by atoms with Crippen molar-refractivity contribution in [3.63, 3.8) is 0 Å². The molecule has 0 heterocycles. The average molecular weight is 461 g/mol. The smallest absolute Gasteiger partial charge is 0.129 e. The Morgan fingerprint density at radius 3 is 2.00 bits per heavy atom. The lowest BCUT2D eigenvalue weighted by molar-refractivity contribution is 0.245. The topological polar surface area (TPSA) is 0 Å². The number of hydrogen-bond acceptors (Lipinski definition) is 0. The SMILES string of the molecule is CCCc1c(F)cc(-c2ccc(CCC3CCC(C[C@H](C)c4ccccc4)CC3)cc2)cc1F. The second-order valence-corrected chi connectivity index (χ2v) is 10.3. The van der Waals surface area contributed by atoms with Crippen molar-refractivity contribution in [2.45, 2.75) is 77.6 Å². The molecule has 1 saturated carbocycles. The van der Waals surface area contributed by atoms with E-state index in [1.165, 1.54) is 61.8 Å². The predicted molar refractivity (Wildman–Crippen MR) is 139 cm³/mol. The van der Waals surface area contributed by atoms with Crippen molar-refractivity contribution < 1.29 is 8.78 Å². The lowest BCUT2D eigenvalue weighted by atomic mass is 9.75. The molecule has 0 unspecified atom stereocenters. The van der Waals surface area contributed by atoms with Crippen LogP contribution in [0.5, 0.6) is 0 Å². The van der Waals surface area contributed by atoms with Crippen LogP contribution in [0.25, 0.3) is 11.1 Å². The zero-order chi connectivity index (χ0) is 23.9. The lowest BCUT2D eigenvalue weighted by Crippen LogP contribution is -2.16. The number of halogens is 2. The highest BCUT2D eigenvalue weighted by Gasteiger charge is 2.23. The second kappa shape index (κ2) is 11.8. The van der Waals surface area contributed by atoms with Gasteiger partial charge in [0.1, 0.15) is 11.6 Å². The molecule has 34 heavy (non-hydrogen) atoms. The molecule has 3 aromatic rings. The number of benzene rings is 3. The van der Waals surface area contributed by atoms with E-state index in [4.69, 9.17) is 0 Å². The van der Waals surface area contributed by atoms with E-state index >= 15 is 0 Å². The summed E-state index contributed by atoms with van der Waals surface area (Å²) < 4.78 is 28.7. The van der Waals surface area contributed by atoms with Crippen LogP contribution in [0.15, 0.2) is 66.7 Å². The number of rotatable bonds is 9. The van der Waals surface area contributed by atoms with Gasteiger partial charge in [-0.25, -0.2) is 8.78 Å². The largest absolute Gasteiger partial charge is 0.207 e. The Morgan fingerprint density at radius 2 is 1.38 bits per heavy atom. The molecule has 0 aliphatic heterocycles. The predicted octanol–water partition coefficient (Wildman–Crippen LogP) is 9.52. The molecular formula is C32H38F2. The van der Waals surface area contributed by atoms with E-state index in [0.29, 0.717) is 17.9 Å². The summed E-state index contributed by atoms with van der Waals surface area (Å²) in [4.78, 5) is 0. The maximum atomic E-state index is 14.3. The highest BCUT2D eigenvalue weighted by Crippen LogP contribution is 2.37. The van der Waals surface area contributed by atoms with Crippen molar-refractivity contribution in [2.24, 2.45) is 11.8 Å². The molecule has 0 amide bonds. The first-order chi connectivity index (χ1) is 16.5. The first-order valence-corrected chi connectivity index (χ1v) is 13.2. The summed E-state index contributed by atoms with van der Waals surface area (Å²) >= 11 is 0. The molecule has 0 aromatic heterocycles. The summed E-state index contributed by atoms with van der Waals surface area (Å²) in [6.45, 7) is 4.30. The molecule has 1 atom stereocenters. The summed E-state index contributed by atoms with van der Waals surface area (Å²) in [6, 6.07) is 22.1. The van der Waals surface area contributed by atoms with Crippen molar-refractivity contribution in [1.82, 2.24) is 0 Å². The Balaban J connectivity index is 1.25. The Kier molecular flexibility index (Phi) is 8.53. The minimum absolute atomic E-state index is 0.201. The van der Waals surface area contributed by atoms with Crippen LogP contribution in [0.3, 0.4) is 0 Å². The monoisotopic (exact) mass is 460 g/mol. The van der Waals surface area contributed by atoms with Crippen molar-refractivity contribution >= 4 is 0 Å². The normalized spacial score (nSPS) is 19.2. The minimum Gasteiger partial charge on any atom is -0.207 e. The minimum atomic E-state index is -0.435. The fourth-order valence-electron chi connectivity index (χ4n) is 5.67. The van der Waals surface area contributed by atoms with E-state index in [0.717, 1.165) is 30.2 Å². The molecule has 1 fully saturated rings. The molecule has 4 rings (SSSR count). The first-order valence-electron chi connectivity index (χ1n) is 13.2. The molecule has 1 aliphatic carbocycles. The molecule has 1 aliphatic rings. The van der Waals surface area contributed by atoms with E-state index in [9.17, 15) is 8.78 Å². The van der Waals surface area contributed by atoms with Crippen LogP contribution in [0, 0.1) is 23.5 Å². The third kappa shape index (κ3) is 6.34. The van der Waals surface area contributed by atoms with E-state index < -0.39 is 11.6 Å². The number of hydrogen-bond donors (Lipinski definition) is 0. The second-order valence-electron chi connectivity index (χ2n) is 10.3. The van der Waals surface area contributed by atoms with Gasteiger partial charge in [0.05, 0.1) is 0 Å². The van der Waals surface area contributed by atoms with Gasteiger partial charge in [0, 0.05) is 5.56 Å². The van der Waals surface area contributed by atoms with E-state index in [2.05, 4.69) is 49.4 Å². The highest BCUT2D eigenvalue weighted by molar-refractivity contribution is 5.64. The number of aryl methyl sites for hydroxylation is 1. The molecule has 3 aromatic carbocycles. The van der Waals surface area contributed by atoms with Gasteiger partial charge in [-0.1, -0.05) is 101 Å². The molecule has 180 valence electrons. The molecule has 0 N–H and O–H groups in total. The van der Waals surface area contributed by atoms with Gasteiger partial charge in [-0.2, -0.15) is 0 Å². The zero-order valence-corrected chi connectivity index (χ0v) is 20.7. The Labute approximate surface area is 204 Å². The third-order valence-corrected chi connectivity index (χ3v) is 7.79. The van der Waals surface area contributed by atoms with Crippen LogP contribution >= 0.6 is 0 Å². The van der Waals surface area contributed by atoms with Crippen LogP contribution in [0.1, 0.15) is 81.4 Å². The fourth-order valence-corrected chi connectivity index (χ4v) is 5.67. The van der Waals surface area contributed by atoms with Crippen LogP contribution in [-0.4, -0.2) is 0 Å². The Bertz CT molecular complexity index is 1010. The van der Waals surface area contributed by atoms with Crippen molar-refractivity contribution in [1.29, 1.82) is 0 Å². The maximum absolute atomic E-state index is 14.3. The van der Waals surface area contributed by atoms with Gasteiger partial charge in [-0.05, 0) is 77.8 Å². The van der Waals surface area contributed by atoms with Gasteiger partial charge in [-0.3, -0.25) is 0 Å². The van der Waals surface area contributed by atoms with Gasteiger partial charge < -0.3 is 0 Å². The molecule has 2 heteroatoms. The summed E-state index contributed by atoms with van der Waals surface area (Å²) in [5.74, 6) is 1.45. The summed E-state index contributed by atoms with van der Waals surface area (Å²) in [7, 11) is 0. The maximum Gasteiger partial charge on any atom is 0.129 e. The van der Waals surface area contributed by atoms with Crippen LogP contribution < -0.4 is 0 Å². The highest BCUT2D eigenvalue weighted by atomic mass is 19.1. The Hall–Kier alpha value is -2.48. The fraction of sp³-hybridized carbons (Fsp3) is 0.438. The molecule has 0 saturated heterocycles. The van der Waals surface area contributed by atoms with Crippen LogP contribution in [0.2, 0.25) is 0 Å². The quantitative estimate of drug-likeness (QED) is 0.298. The molecule has 0 spiro atoms. The van der Waals surface area contributed by atoms with E-state index in [1.807, 2.05) is 19.1 Å². The van der Waals surface area contributed by atoms with Gasteiger partial charge in [0.15, 0.2) is 0 Å². The lowest BCUT2D eigenvalue weighted by Gasteiger charge is -2.30. The van der Waals surface area contributed by atoms with Gasteiger partial charge in [0.2, 0.25) is 0 Å².